The number of nitrogens with one attached hydrogen (secondary N) is 2. The maximum Gasteiger partial charge on any atom is 0.281 e. The van der Waals surface area contributed by atoms with Gasteiger partial charge in [0.25, 0.3) is 5.91 Å². The molecule has 8 heteroatoms. The summed E-state index contributed by atoms with van der Waals surface area (Å²) in [5.74, 6) is 0.626. The number of thiophene rings is 2. The second kappa shape index (κ2) is 8.37. The zero-order valence-corrected chi connectivity index (χ0v) is 16.9. The number of carbonyl (C=O) groups excluding carboxylic acids is 1. The predicted octanol–water partition coefficient (Wildman–Crippen LogP) is 4.62. The summed E-state index contributed by atoms with van der Waals surface area (Å²) in [6, 6.07) is 15.5. The van der Waals surface area contributed by atoms with E-state index in [0.717, 1.165) is 10.4 Å². The van der Waals surface area contributed by atoms with Crippen LogP contribution in [0.2, 0.25) is 0 Å². The molecule has 0 aliphatic heterocycles. The number of aryl methyl sites for hydroxylation is 1. The van der Waals surface area contributed by atoms with Crippen LogP contribution in [0.15, 0.2) is 59.3 Å². The van der Waals surface area contributed by atoms with Crippen molar-refractivity contribution >= 4 is 40.5 Å². The maximum atomic E-state index is 13.0. The predicted molar refractivity (Wildman–Crippen MR) is 114 cm³/mol. The molecule has 1 aromatic carbocycles. The minimum Gasteiger partial charge on any atom is -0.349 e. The Morgan fingerprint density at radius 1 is 0.964 bits per heavy atom. The zero-order valence-electron chi connectivity index (χ0n) is 15.3. The number of carbonyl (C=O) groups is 1. The maximum absolute atomic E-state index is 13.0. The van der Waals surface area contributed by atoms with Gasteiger partial charge in [0.15, 0.2) is 0 Å². The highest BCUT2D eigenvalue weighted by atomic mass is 32.1. The van der Waals surface area contributed by atoms with Crippen LogP contribution in [0.1, 0.15) is 25.7 Å². The number of nitrogens with zero attached hydrogens (tertiary/aromatic N) is 3. The summed E-state index contributed by atoms with van der Waals surface area (Å²) >= 11 is 3.31. The molecule has 0 spiro atoms. The van der Waals surface area contributed by atoms with Crippen molar-refractivity contribution in [1.82, 2.24) is 14.8 Å². The molecule has 0 fully saturated rings. The van der Waals surface area contributed by atoms with Crippen molar-refractivity contribution in [2.75, 3.05) is 10.6 Å². The molecule has 0 aliphatic carbocycles. The first-order valence-electron chi connectivity index (χ1n) is 8.80. The lowest BCUT2D eigenvalue weighted by Crippen LogP contribution is -2.17. The Kier molecular flexibility index (Phi) is 5.50. The summed E-state index contributed by atoms with van der Waals surface area (Å²) < 4.78 is 1.33. The van der Waals surface area contributed by atoms with Gasteiger partial charge in [0.05, 0.1) is 13.1 Å². The molecule has 6 nitrogen and oxygen atoms in total. The quantitative estimate of drug-likeness (QED) is 0.466. The molecule has 0 amide bonds. The molecule has 2 N–H and O–H groups in total. The van der Waals surface area contributed by atoms with Gasteiger partial charge in [-0.1, -0.05) is 29.8 Å². The van der Waals surface area contributed by atoms with Crippen LogP contribution in [0.5, 0.6) is 0 Å². The van der Waals surface area contributed by atoms with E-state index in [0.29, 0.717) is 30.5 Å². The van der Waals surface area contributed by atoms with Gasteiger partial charge < -0.3 is 10.6 Å². The van der Waals surface area contributed by atoms with Crippen molar-refractivity contribution in [1.29, 1.82) is 0 Å². The summed E-state index contributed by atoms with van der Waals surface area (Å²) in [5, 5.41) is 14.9. The highest BCUT2D eigenvalue weighted by Crippen LogP contribution is 2.17. The normalized spacial score (nSPS) is 10.8. The lowest BCUT2D eigenvalue weighted by Gasteiger charge is -2.06. The van der Waals surface area contributed by atoms with Crippen LogP contribution in [0.4, 0.5) is 11.9 Å². The fourth-order valence-electron chi connectivity index (χ4n) is 2.62. The van der Waals surface area contributed by atoms with Crippen molar-refractivity contribution in [3.8, 4) is 0 Å². The third-order valence-corrected chi connectivity index (χ3v) is 5.85. The lowest BCUT2D eigenvalue weighted by atomic mass is 10.1. The van der Waals surface area contributed by atoms with Gasteiger partial charge in [-0.05, 0) is 41.9 Å². The molecule has 0 saturated heterocycles. The molecule has 0 saturated carbocycles. The first kappa shape index (κ1) is 18.4. The minimum atomic E-state index is -0.217. The fraction of sp³-hybridized carbons (Fsp3) is 0.150. The highest BCUT2D eigenvalue weighted by Gasteiger charge is 2.18. The number of hydrogen-bond acceptors (Lipinski definition) is 7. The van der Waals surface area contributed by atoms with E-state index in [2.05, 4.69) is 20.7 Å². The molecule has 28 heavy (non-hydrogen) atoms. The summed E-state index contributed by atoms with van der Waals surface area (Å²) in [6.07, 6.45) is 0. The smallest absolute Gasteiger partial charge is 0.281 e. The van der Waals surface area contributed by atoms with Gasteiger partial charge in [-0.25, -0.2) is 0 Å². The van der Waals surface area contributed by atoms with E-state index in [-0.39, 0.29) is 5.91 Å². The molecule has 0 aliphatic rings. The molecule has 4 aromatic rings. The molecule has 0 atom stereocenters. The van der Waals surface area contributed by atoms with Gasteiger partial charge in [0.1, 0.15) is 0 Å². The first-order chi connectivity index (χ1) is 13.7. The Morgan fingerprint density at radius 3 is 2.21 bits per heavy atom. The van der Waals surface area contributed by atoms with E-state index in [4.69, 9.17) is 0 Å². The molecule has 3 heterocycles. The summed E-state index contributed by atoms with van der Waals surface area (Å²) in [7, 11) is 0. The molecule has 142 valence electrons. The molecule has 4 rings (SSSR count). The molecule has 0 radical (unpaired) electrons. The largest absolute Gasteiger partial charge is 0.349 e. The van der Waals surface area contributed by atoms with Gasteiger partial charge >= 0.3 is 0 Å². The second-order valence-electron chi connectivity index (χ2n) is 6.21. The van der Waals surface area contributed by atoms with Crippen LogP contribution in [0.3, 0.4) is 0 Å². The number of hydrogen-bond donors (Lipinski definition) is 2. The third-order valence-electron chi connectivity index (χ3n) is 4.10. The average Bonchev–Trinajstić information content (AvgIpc) is 3.46. The molecule has 0 unspecified atom stereocenters. The fourth-order valence-corrected chi connectivity index (χ4v) is 3.91. The van der Waals surface area contributed by atoms with Crippen LogP contribution < -0.4 is 10.6 Å². The SMILES string of the molecule is Cc1ccc(C(=O)n2nc(NCc3cccs3)nc2NCc2cccs2)cc1. The van der Waals surface area contributed by atoms with E-state index < -0.39 is 0 Å². The molecular formula is C20H19N5OS2. The molecule has 3 aromatic heterocycles. The summed E-state index contributed by atoms with van der Waals surface area (Å²) in [5.41, 5.74) is 1.67. The highest BCUT2D eigenvalue weighted by molar-refractivity contribution is 7.10. The van der Waals surface area contributed by atoms with E-state index in [1.807, 2.05) is 54.1 Å². The van der Waals surface area contributed by atoms with Crippen molar-refractivity contribution in [2.45, 2.75) is 20.0 Å². The minimum absolute atomic E-state index is 0.217. The number of rotatable bonds is 7. The monoisotopic (exact) mass is 409 g/mol. The Bertz CT molecular complexity index is 1040. The van der Waals surface area contributed by atoms with Gasteiger partial charge in [-0.3, -0.25) is 4.79 Å². The Hall–Kier alpha value is -2.97. The van der Waals surface area contributed by atoms with Crippen LogP contribution in [0.25, 0.3) is 0 Å². The number of anilines is 2. The van der Waals surface area contributed by atoms with Gasteiger partial charge in [0.2, 0.25) is 11.9 Å². The zero-order chi connectivity index (χ0) is 19.3. The van der Waals surface area contributed by atoms with Crippen molar-refractivity contribution in [2.24, 2.45) is 0 Å². The summed E-state index contributed by atoms with van der Waals surface area (Å²) in [4.78, 5) is 19.8. The van der Waals surface area contributed by atoms with E-state index in [9.17, 15) is 4.79 Å². The first-order valence-corrected chi connectivity index (χ1v) is 10.6. The van der Waals surface area contributed by atoms with Gasteiger partial charge in [-0.15, -0.1) is 27.8 Å². The van der Waals surface area contributed by atoms with Crippen molar-refractivity contribution in [3.63, 3.8) is 0 Å². The van der Waals surface area contributed by atoms with Crippen LogP contribution in [0, 0.1) is 6.92 Å². The van der Waals surface area contributed by atoms with E-state index in [1.165, 1.54) is 9.56 Å². The van der Waals surface area contributed by atoms with Gasteiger partial charge in [0, 0.05) is 15.3 Å². The van der Waals surface area contributed by atoms with Crippen LogP contribution in [-0.4, -0.2) is 20.7 Å². The van der Waals surface area contributed by atoms with Crippen LogP contribution >= 0.6 is 22.7 Å². The van der Waals surface area contributed by atoms with Crippen molar-refractivity contribution in [3.05, 3.63) is 80.2 Å². The standard InChI is InChI=1S/C20H19N5OS2/c1-14-6-8-15(9-7-14)18(26)25-20(22-13-17-5-3-11-28-17)23-19(24-25)21-12-16-4-2-10-27-16/h2-11H,12-13H2,1H3,(H2,21,22,23,24). The Labute approximate surface area is 170 Å². The third kappa shape index (κ3) is 4.29. The van der Waals surface area contributed by atoms with E-state index >= 15 is 0 Å². The average molecular weight is 410 g/mol. The number of benzene rings is 1. The summed E-state index contributed by atoms with van der Waals surface area (Å²) in [6.45, 7) is 3.19. The second-order valence-corrected chi connectivity index (χ2v) is 8.27. The van der Waals surface area contributed by atoms with E-state index in [1.54, 1.807) is 34.8 Å². The van der Waals surface area contributed by atoms with Gasteiger partial charge in [-0.2, -0.15) is 9.67 Å². The Morgan fingerprint density at radius 2 is 1.61 bits per heavy atom. The molecular weight excluding hydrogens is 390 g/mol. The molecule has 0 bridgehead atoms. The Balaban J connectivity index is 1.57. The number of aromatic nitrogens is 3. The van der Waals surface area contributed by atoms with Crippen molar-refractivity contribution < 1.29 is 4.79 Å². The van der Waals surface area contributed by atoms with Crippen LogP contribution in [-0.2, 0) is 13.1 Å². The lowest BCUT2D eigenvalue weighted by molar-refractivity contribution is 0.0947. The topological polar surface area (TPSA) is 71.8 Å².